The molecule has 2 heterocycles. The number of hydrogen-bond acceptors (Lipinski definition) is 2. The SMILES string of the molecule is Cc1ccc2c(c1)c1c(n2CC(=O)Nc2ccc(F)cc2)CCN(C)CC1. The van der Waals surface area contributed by atoms with Gasteiger partial charge in [0.2, 0.25) is 5.91 Å². The highest BCUT2D eigenvalue weighted by molar-refractivity contribution is 5.93. The number of aromatic nitrogens is 1. The number of halogens is 1. The Morgan fingerprint density at radius 2 is 1.85 bits per heavy atom. The molecule has 1 N–H and O–H groups in total. The normalized spacial score (nSPS) is 14.8. The van der Waals surface area contributed by atoms with Gasteiger partial charge < -0.3 is 14.8 Å². The predicted octanol–water partition coefficient (Wildman–Crippen LogP) is 3.76. The molecule has 2 aromatic carbocycles. The summed E-state index contributed by atoms with van der Waals surface area (Å²) in [6, 6.07) is 12.3. The molecule has 0 saturated carbocycles. The Hall–Kier alpha value is -2.66. The van der Waals surface area contributed by atoms with E-state index in [4.69, 9.17) is 0 Å². The Morgan fingerprint density at radius 3 is 2.63 bits per heavy atom. The summed E-state index contributed by atoms with van der Waals surface area (Å²) in [5.41, 5.74) is 5.58. The second kappa shape index (κ2) is 7.16. The minimum absolute atomic E-state index is 0.0977. The molecular weight excluding hydrogens is 341 g/mol. The molecule has 1 aliphatic heterocycles. The van der Waals surface area contributed by atoms with Crippen LogP contribution in [0.2, 0.25) is 0 Å². The van der Waals surface area contributed by atoms with Crippen molar-refractivity contribution in [3.63, 3.8) is 0 Å². The Labute approximate surface area is 158 Å². The van der Waals surface area contributed by atoms with Crippen LogP contribution in [0.5, 0.6) is 0 Å². The van der Waals surface area contributed by atoms with Gasteiger partial charge >= 0.3 is 0 Å². The molecule has 5 heteroatoms. The van der Waals surface area contributed by atoms with E-state index in [2.05, 4.69) is 47.0 Å². The number of rotatable bonds is 3. The minimum atomic E-state index is -0.311. The Bertz CT molecular complexity index is 991. The van der Waals surface area contributed by atoms with Crippen LogP contribution >= 0.6 is 0 Å². The topological polar surface area (TPSA) is 37.3 Å². The van der Waals surface area contributed by atoms with Gasteiger partial charge in [-0.15, -0.1) is 0 Å². The first kappa shape index (κ1) is 17.7. The van der Waals surface area contributed by atoms with Crippen molar-refractivity contribution in [2.75, 3.05) is 25.5 Å². The number of benzene rings is 2. The fourth-order valence-corrected chi connectivity index (χ4v) is 3.92. The Morgan fingerprint density at radius 1 is 1.11 bits per heavy atom. The van der Waals surface area contributed by atoms with E-state index < -0.39 is 0 Å². The van der Waals surface area contributed by atoms with E-state index in [1.54, 1.807) is 12.1 Å². The zero-order valence-electron chi connectivity index (χ0n) is 15.8. The number of nitrogens with one attached hydrogen (secondary N) is 1. The summed E-state index contributed by atoms with van der Waals surface area (Å²) in [6.07, 6.45) is 1.93. The third-order valence-corrected chi connectivity index (χ3v) is 5.35. The average molecular weight is 365 g/mol. The van der Waals surface area contributed by atoms with Gasteiger partial charge in [-0.1, -0.05) is 11.6 Å². The van der Waals surface area contributed by atoms with E-state index in [1.165, 1.54) is 34.3 Å². The molecular formula is C22H24FN3O. The van der Waals surface area contributed by atoms with Crippen LogP contribution in [-0.4, -0.2) is 35.5 Å². The second-order valence-electron chi connectivity index (χ2n) is 7.39. The van der Waals surface area contributed by atoms with Crippen LogP contribution in [0, 0.1) is 12.7 Å². The monoisotopic (exact) mass is 365 g/mol. The first-order valence-electron chi connectivity index (χ1n) is 9.36. The van der Waals surface area contributed by atoms with Crippen LogP contribution in [0.4, 0.5) is 10.1 Å². The van der Waals surface area contributed by atoms with E-state index in [9.17, 15) is 9.18 Å². The molecule has 0 fully saturated rings. The summed E-state index contributed by atoms with van der Waals surface area (Å²) < 4.78 is 15.2. The van der Waals surface area contributed by atoms with E-state index >= 15 is 0 Å². The smallest absolute Gasteiger partial charge is 0.244 e. The highest BCUT2D eigenvalue weighted by Crippen LogP contribution is 2.30. The zero-order chi connectivity index (χ0) is 19.0. The van der Waals surface area contributed by atoms with Crippen LogP contribution in [0.15, 0.2) is 42.5 Å². The molecule has 0 spiro atoms. The number of anilines is 1. The maximum Gasteiger partial charge on any atom is 0.244 e. The van der Waals surface area contributed by atoms with Crippen molar-refractivity contribution in [3.05, 3.63) is 65.1 Å². The number of likely N-dealkylation sites (N-methyl/N-ethyl adjacent to an activating group) is 1. The van der Waals surface area contributed by atoms with Gasteiger partial charge in [0.05, 0.1) is 0 Å². The number of carbonyl (C=O) groups excluding carboxylic acids is 1. The summed E-state index contributed by atoms with van der Waals surface area (Å²) in [5, 5.41) is 4.14. The lowest BCUT2D eigenvalue weighted by atomic mass is 10.1. The molecule has 4 nitrogen and oxygen atoms in total. The van der Waals surface area contributed by atoms with Crippen molar-refractivity contribution in [3.8, 4) is 0 Å². The lowest BCUT2D eigenvalue weighted by Gasteiger charge is -2.14. The zero-order valence-corrected chi connectivity index (χ0v) is 15.8. The van der Waals surface area contributed by atoms with Crippen molar-refractivity contribution in [2.24, 2.45) is 0 Å². The maximum atomic E-state index is 13.1. The van der Waals surface area contributed by atoms with E-state index in [1.807, 2.05) is 0 Å². The highest BCUT2D eigenvalue weighted by atomic mass is 19.1. The van der Waals surface area contributed by atoms with Gasteiger partial charge in [-0.05, 0) is 62.4 Å². The van der Waals surface area contributed by atoms with E-state index in [0.717, 1.165) is 31.4 Å². The van der Waals surface area contributed by atoms with Crippen LogP contribution in [0.3, 0.4) is 0 Å². The fraction of sp³-hybridized carbons (Fsp3) is 0.318. The number of nitrogens with zero attached hydrogens (tertiary/aromatic N) is 2. The molecule has 0 saturated heterocycles. The van der Waals surface area contributed by atoms with Gasteiger partial charge in [0.25, 0.3) is 0 Å². The average Bonchev–Trinajstić information content (AvgIpc) is 2.78. The first-order chi connectivity index (χ1) is 13.0. The molecule has 4 rings (SSSR count). The summed E-state index contributed by atoms with van der Waals surface area (Å²) in [6.45, 7) is 4.38. The molecule has 3 aromatic rings. The van der Waals surface area contributed by atoms with Gasteiger partial charge in [0.1, 0.15) is 12.4 Å². The van der Waals surface area contributed by atoms with Gasteiger partial charge in [-0.25, -0.2) is 4.39 Å². The molecule has 0 aliphatic carbocycles. The first-order valence-corrected chi connectivity index (χ1v) is 9.36. The molecule has 1 amide bonds. The third kappa shape index (κ3) is 3.60. The quantitative estimate of drug-likeness (QED) is 0.767. The number of amides is 1. The number of hydrogen-bond donors (Lipinski definition) is 1. The molecule has 0 radical (unpaired) electrons. The summed E-state index contributed by atoms with van der Waals surface area (Å²) in [7, 11) is 2.14. The van der Waals surface area contributed by atoms with Crippen LogP contribution in [-0.2, 0) is 24.2 Å². The highest BCUT2D eigenvalue weighted by Gasteiger charge is 2.21. The molecule has 1 aromatic heterocycles. The van der Waals surface area contributed by atoms with Crippen LogP contribution in [0.1, 0.15) is 16.8 Å². The largest absolute Gasteiger partial charge is 0.335 e. The lowest BCUT2D eigenvalue weighted by molar-refractivity contribution is -0.116. The van der Waals surface area contributed by atoms with Gasteiger partial charge in [0, 0.05) is 41.8 Å². The summed E-state index contributed by atoms with van der Waals surface area (Å²) >= 11 is 0. The van der Waals surface area contributed by atoms with Crippen molar-refractivity contribution >= 4 is 22.5 Å². The second-order valence-corrected chi connectivity index (χ2v) is 7.39. The Balaban J connectivity index is 1.68. The predicted molar refractivity (Wildman–Crippen MR) is 107 cm³/mol. The van der Waals surface area contributed by atoms with Crippen LogP contribution < -0.4 is 5.32 Å². The van der Waals surface area contributed by atoms with Crippen molar-refractivity contribution < 1.29 is 9.18 Å². The molecule has 0 unspecified atom stereocenters. The molecule has 0 atom stereocenters. The third-order valence-electron chi connectivity index (χ3n) is 5.35. The van der Waals surface area contributed by atoms with Crippen LogP contribution in [0.25, 0.3) is 10.9 Å². The number of carbonyl (C=O) groups is 1. The lowest BCUT2D eigenvalue weighted by Crippen LogP contribution is -2.23. The van der Waals surface area contributed by atoms with E-state index in [-0.39, 0.29) is 18.3 Å². The summed E-state index contributed by atoms with van der Waals surface area (Å²) in [4.78, 5) is 15.0. The van der Waals surface area contributed by atoms with Gasteiger partial charge in [0.15, 0.2) is 0 Å². The molecule has 27 heavy (non-hydrogen) atoms. The Kier molecular flexibility index (Phi) is 4.70. The summed E-state index contributed by atoms with van der Waals surface area (Å²) in [5.74, 6) is -0.409. The molecule has 0 bridgehead atoms. The van der Waals surface area contributed by atoms with Crippen molar-refractivity contribution in [2.45, 2.75) is 26.3 Å². The molecule has 140 valence electrons. The van der Waals surface area contributed by atoms with E-state index in [0.29, 0.717) is 5.69 Å². The number of aryl methyl sites for hydroxylation is 1. The maximum absolute atomic E-state index is 13.1. The van der Waals surface area contributed by atoms with Gasteiger partial charge in [-0.3, -0.25) is 4.79 Å². The van der Waals surface area contributed by atoms with Crippen molar-refractivity contribution in [1.82, 2.24) is 9.47 Å². The number of fused-ring (bicyclic) bond motifs is 3. The van der Waals surface area contributed by atoms with Gasteiger partial charge in [-0.2, -0.15) is 0 Å². The molecule has 1 aliphatic rings. The standard InChI is InChI=1S/C22H24FN3O/c1-15-3-8-20-19(13-15)18-9-11-25(2)12-10-21(18)26(20)14-22(27)24-17-6-4-16(23)5-7-17/h3-8,13H,9-12,14H2,1-2H3,(H,24,27). The minimum Gasteiger partial charge on any atom is -0.335 e. The fourth-order valence-electron chi connectivity index (χ4n) is 3.92. The van der Waals surface area contributed by atoms with Crippen molar-refractivity contribution in [1.29, 1.82) is 0 Å².